The number of nitrogens with two attached hydrogens (primary N) is 1. The number of hydrogen-bond donors (Lipinski definition) is 1. The Kier molecular flexibility index (Phi) is 4.16. The highest BCUT2D eigenvalue weighted by Gasteiger charge is 2.23. The van der Waals surface area contributed by atoms with Crippen molar-refractivity contribution >= 4 is 11.8 Å². The number of nitrogen functional groups attached to an aromatic ring is 1. The monoisotopic (exact) mass is 309 g/mol. The maximum atomic E-state index is 6.10. The highest BCUT2D eigenvalue weighted by Crippen LogP contribution is 2.29. The summed E-state index contributed by atoms with van der Waals surface area (Å²) < 4.78 is 12.4. The Morgan fingerprint density at radius 3 is 2.86 bits per heavy atom. The molecular weight excluding hydrogens is 290 g/mol. The summed E-state index contributed by atoms with van der Waals surface area (Å²) in [5.74, 6) is 8.35. The van der Waals surface area contributed by atoms with Crippen LogP contribution in [-0.4, -0.2) is 26.6 Å². The highest BCUT2D eigenvalue weighted by atomic mass is 32.2. The Morgan fingerprint density at radius 1 is 1.33 bits per heavy atom. The van der Waals surface area contributed by atoms with Gasteiger partial charge in [0, 0.05) is 17.9 Å². The lowest BCUT2D eigenvalue weighted by atomic mass is 10.1. The van der Waals surface area contributed by atoms with E-state index in [0.29, 0.717) is 16.7 Å². The molecule has 0 radical (unpaired) electrons. The van der Waals surface area contributed by atoms with E-state index in [9.17, 15) is 0 Å². The molecule has 0 bridgehead atoms. The molecule has 7 nitrogen and oxygen atoms in total. The third kappa shape index (κ3) is 2.91. The van der Waals surface area contributed by atoms with Gasteiger partial charge in [0.05, 0.1) is 5.69 Å². The molecule has 3 heterocycles. The number of rotatable bonds is 4. The van der Waals surface area contributed by atoms with Crippen molar-refractivity contribution in [3.8, 4) is 0 Å². The van der Waals surface area contributed by atoms with Crippen molar-refractivity contribution in [3.05, 3.63) is 22.8 Å². The molecule has 3 rings (SSSR count). The van der Waals surface area contributed by atoms with E-state index in [1.54, 1.807) is 4.68 Å². The van der Waals surface area contributed by atoms with E-state index < -0.39 is 0 Å². The predicted molar refractivity (Wildman–Crippen MR) is 78.3 cm³/mol. The van der Waals surface area contributed by atoms with Gasteiger partial charge >= 0.3 is 0 Å². The molecule has 1 aliphatic heterocycles. The Balaban J connectivity index is 1.70. The first kappa shape index (κ1) is 14.4. The van der Waals surface area contributed by atoms with Crippen LogP contribution in [0.3, 0.4) is 0 Å². The number of aryl methyl sites for hydroxylation is 2. The first-order valence-corrected chi connectivity index (χ1v) is 8.02. The summed E-state index contributed by atoms with van der Waals surface area (Å²) in [4.78, 5) is 0. The topological polar surface area (TPSA) is 92.0 Å². The summed E-state index contributed by atoms with van der Waals surface area (Å²) in [6.07, 6.45) is 3.15. The molecule has 1 aliphatic rings. The fourth-order valence-corrected chi connectivity index (χ4v) is 3.41. The van der Waals surface area contributed by atoms with Crippen LogP contribution < -0.4 is 5.84 Å². The van der Waals surface area contributed by atoms with E-state index in [2.05, 4.69) is 15.4 Å². The van der Waals surface area contributed by atoms with Crippen LogP contribution >= 0.6 is 11.8 Å². The van der Waals surface area contributed by atoms with Crippen molar-refractivity contribution in [1.82, 2.24) is 20.0 Å². The molecule has 2 N–H and O–H groups in total. The molecule has 21 heavy (non-hydrogen) atoms. The lowest BCUT2D eigenvalue weighted by Gasteiger charge is -2.21. The molecule has 1 atom stereocenters. The first-order chi connectivity index (χ1) is 10.2. The molecule has 0 unspecified atom stereocenters. The smallest absolute Gasteiger partial charge is 0.210 e. The molecule has 114 valence electrons. The Morgan fingerprint density at radius 2 is 2.19 bits per heavy atom. The molecular formula is C13H19N5O2S. The van der Waals surface area contributed by atoms with Crippen LogP contribution in [-0.2, 0) is 10.5 Å². The van der Waals surface area contributed by atoms with Crippen LogP contribution in [0.1, 0.15) is 48.2 Å². The summed E-state index contributed by atoms with van der Waals surface area (Å²) in [5, 5.41) is 13.0. The summed E-state index contributed by atoms with van der Waals surface area (Å²) in [5.41, 5.74) is 1.98. The van der Waals surface area contributed by atoms with Gasteiger partial charge in [0.2, 0.25) is 5.16 Å². The van der Waals surface area contributed by atoms with Crippen LogP contribution in [0, 0.1) is 13.8 Å². The average molecular weight is 309 g/mol. The lowest BCUT2D eigenvalue weighted by molar-refractivity contribution is 0.00780. The van der Waals surface area contributed by atoms with Gasteiger partial charge in [0.1, 0.15) is 11.9 Å². The maximum Gasteiger partial charge on any atom is 0.210 e. The third-order valence-corrected chi connectivity index (χ3v) is 4.65. The molecule has 2 aromatic heterocycles. The van der Waals surface area contributed by atoms with Gasteiger partial charge in [0.25, 0.3) is 0 Å². The largest absolute Gasteiger partial charge is 0.370 e. The number of aromatic nitrogens is 4. The summed E-state index contributed by atoms with van der Waals surface area (Å²) >= 11 is 1.53. The van der Waals surface area contributed by atoms with Crippen molar-refractivity contribution in [2.24, 2.45) is 0 Å². The summed E-state index contributed by atoms with van der Waals surface area (Å²) in [6.45, 7) is 4.60. The zero-order valence-corrected chi connectivity index (χ0v) is 13.0. The lowest BCUT2D eigenvalue weighted by Crippen LogP contribution is -2.21. The maximum absolute atomic E-state index is 6.10. The molecule has 0 aliphatic carbocycles. The second kappa shape index (κ2) is 6.07. The second-order valence-corrected chi connectivity index (χ2v) is 6.10. The summed E-state index contributed by atoms with van der Waals surface area (Å²) in [6, 6.07) is 0. The van der Waals surface area contributed by atoms with Gasteiger partial charge in [-0.25, -0.2) is 4.68 Å². The molecule has 0 amide bonds. The number of nitrogens with zero attached hydrogens (tertiary/aromatic N) is 4. The highest BCUT2D eigenvalue weighted by molar-refractivity contribution is 7.98. The Labute approximate surface area is 127 Å². The zero-order valence-electron chi connectivity index (χ0n) is 12.2. The molecule has 1 fully saturated rings. The fourth-order valence-electron chi connectivity index (χ4n) is 2.40. The van der Waals surface area contributed by atoms with Crippen LogP contribution in [0.25, 0.3) is 0 Å². The molecule has 8 heteroatoms. The van der Waals surface area contributed by atoms with Gasteiger partial charge < -0.3 is 15.1 Å². The van der Waals surface area contributed by atoms with E-state index in [1.165, 1.54) is 11.8 Å². The quantitative estimate of drug-likeness (QED) is 0.683. The van der Waals surface area contributed by atoms with E-state index in [0.717, 1.165) is 42.9 Å². The Bertz CT molecular complexity index is 599. The van der Waals surface area contributed by atoms with Crippen molar-refractivity contribution in [1.29, 1.82) is 0 Å². The molecule has 2 aromatic rings. The minimum absolute atomic E-state index is 0.0373. The molecule has 0 spiro atoms. The molecule has 0 saturated carbocycles. The number of hydrogen-bond acceptors (Lipinski definition) is 7. The van der Waals surface area contributed by atoms with E-state index in [-0.39, 0.29) is 6.10 Å². The van der Waals surface area contributed by atoms with Crippen molar-refractivity contribution in [3.63, 3.8) is 0 Å². The van der Waals surface area contributed by atoms with Crippen LogP contribution in [0.15, 0.2) is 9.68 Å². The SMILES string of the molecule is Cc1noc(C)c1CSc1nnc([C@@H]2CCCCO2)n1N. The summed E-state index contributed by atoms with van der Waals surface area (Å²) in [7, 11) is 0. The third-order valence-electron chi connectivity index (χ3n) is 3.69. The normalized spacial score (nSPS) is 19.0. The number of thioether (sulfide) groups is 1. The molecule has 1 saturated heterocycles. The van der Waals surface area contributed by atoms with Gasteiger partial charge in [-0.3, -0.25) is 0 Å². The van der Waals surface area contributed by atoms with E-state index >= 15 is 0 Å². The van der Waals surface area contributed by atoms with Gasteiger partial charge in [-0.1, -0.05) is 16.9 Å². The van der Waals surface area contributed by atoms with Crippen molar-refractivity contribution < 1.29 is 9.26 Å². The Hall–Kier alpha value is -1.54. The van der Waals surface area contributed by atoms with Gasteiger partial charge in [-0.15, -0.1) is 10.2 Å². The van der Waals surface area contributed by atoms with E-state index in [4.69, 9.17) is 15.1 Å². The first-order valence-electron chi connectivity index (χ1n) is 7.03. The zero-order chi connectivity index (χ0) is 14.8. The minimum Gasteiger partial charge on any atom is -0.370 e. The van der Waals surface area contributed by atoms with Gasteiger partial charge in [-0.2, -0.15) is 0 Å². The predicted octanol–water partition coefficient (Wildman–Crippen LogP) is 2.13. The van der Waals surface area contributed by atoms with Crippen molar-refractivity contribution in [2.75, 3.05) is 12.4 Å². The van der Waals surface area contributed by atoms with Gasteiger partial charge in [-0.05, 0) is 33.1 Å². The molecule has 0 aromatic carbocycles. The van der Waals surface area contributed by atoms with Crippen molar-refractivity contribution in [2.45, 2.75) is 50.1 Å². The average Bonchev–Trinajstić information content (AvgIpc) is 3.02. The second-order valence-electron chi connectivity index (χ2n) is 5.16. The van der Waals surface area contributed by atoms with E-state index in [1.807, 2.05) is 13.8 Å². The van der Waals surface area contributed by atoms with Crippen LogP contribution in [0.2, 0.25) is 0 Å². The van der Waals surface area contributed by atoms with Crippen LogP contribution in [0.5, 0.6) is 0 Å². The minimum atomic E-state index is -0.0373. The van der Waals surface area contributed by atoms with Gasteiger partial charge in [0.15, 0.2) is 5.82 Å². The van der Waals surface area contributed by atoms with Crippen LogP contribution in [0.4, 0.5) is 0 Å². The standard InChI is InChI=1S/C13H19N5O2S/c1-8-10(9(2)20-17-8)7-21-13-16-15-12(18(13)14)11-5-3-4-6-19-11/h11H,3-7,14H2,1-2H3/t11-/m0/s1. The number of ether oxygens (including phenoxy) is 1. The fraction of sp³-hybridized carbons (Fsp3) is 0.615.